The Balaban J connectivity index is 2.06. The van der Waals surface area contributed by atoms with Gasteiger partial charge in [-0.15, -0.1) is 0 Å². The normalized spacial score (nSPS) is 18.9. The lowest BCUT2D eigenvalue weighted by molar-refractivity contribution is -0.159. The third-order valence-electron chi connectivity index (χ3n) is 2.95. The number of aliphatic carboxylic acids is 1. The summed E-state index contributed by atoms with van der Waals surface area (Å²) in [6, 6.07) is 2.95. The largest absolute Gasteiger partial charge is 0.479 e. The molecule has 2 heterocycles. The van der Waals surface area contributed by atoms with Gasteiger partial charge in [0, 0.05) is 23.3 Å². The highest BCUT2D eigenvalue weighted by Crippen LogP contribution is 2.08. The highest BCUT2D eigenvalue weighted by molar-refractivity contribution is 9.10. The first-order valence-corrected chi connectivity index (χ1v) is 6.75. The Bertz CT molecular complexity index is 585. The molecule has 1 aliphatic heterocycles. The molecule has 1 amide bonds. The average molecular weight is 345 g/mol. The molecule has 0 aromatic carbocycles. The zero-order valence-corrected chi connectivity index (χ0v) is 12.1. The number of amides is 1. The number of carboxylic acid groups (broad SMARTS) is 1. The van der Waals surface area contributed by atoms with Crippen molar-refractivity contribution < 1.29 is 19.4 Å². The van der Waals surface area contributed by atoms with E-state index in [2.05, 4.69) is 15.9 Å². The second kappa shape index (κ2) is 6.19. The van der Waals surface area contributed by atoms with Gasteiger partial charge in [-0.05, 0) is 22.0 Å². The third-order valence-corrected chi connectivity index (χ3v) is 3.42. The van der Waals surface area contributed by atoms with Gasteiger partial charge in [0.05, 0.1) is 13.2 Å². The molecule has 1 atom stereocenters. The molecule has 2 rings (SSSR count). The summed E-state index contributed by atoms with van der Waals surface area (Å²) in [5.41, 5.74) is -0.287. The Morgan fingerprint density at radius 2 is 2.20 bits per heavy atom. The van der Waals surface area contributed by atoms with Crippen LogP contribution < -0.4 is 5.56 Å². The number of nitrogens with zero attached hydrogens (tertiary/aromatic N) is 2. The van der Waals surface area contributed by atoms with Crippen LogP contribution in [-0.2, 0) is 20.9 Å². The molecular formula is C12H13BrN2O5. The fraction of sp³-hybridized carbons (Fsp3) is 0.417. The number of pyridine rings is 1. The molecule has 8 heteroatoms. The minimum atomic E-state index is -1.10. The van der Waals surface area contributed by atoms with Crippen LogP contribution in [0.5, 0.6) is 0 Å². The summed E-state index contributed by atoms with van der Waals surface area (Å²) in [5.74, 6) is -1.40. The third kappa shape index (κ3) is 3.45. The van der Waals surface area contributed by atoms with E-state index in [4.69, 9.17) is 9.84 Å². The van der Waals surface area contributed by atoms with E-state index in [1.807, 2.05) is 0 Å². The Labute approximate surface area is 122 Å². The minimum absolute atomic E-state index is 0.00306. The minimum Gasteiger partial charge on any atom is -0.479 e. The van der Waals surface area contributed by atoms with Crippen LogP contribution in [0.2, 0.25) is 0 Å². The highest BCUT2D eigenvalue weighted by atomic mass is 79.9. The molecule has 1 N–H and O–H groups in total. The van der Waals surface area contributed by atoms with Crippen molar-refractivity contribution in [2.45, 2.75) is 12.6 Å². The molecule has 1 aliphatic rings. The summed E-state index contributed by atoms with van der Waals surface area (Å²) in [6.45, 7) is 0.378. The van der Waals surface area contributed by atoms with Crippen LogP contribution in [0.3, 0.4) is 0 Å². The monoisotopic (exact) mass is 344 g/mol. The second-order valence-corrected chi connectivity index (χ2v) is 5.27. The van der Waals surface area contributed by atoms with Gasteiger partial charge in [0.25, 0.3) is 5.56 Å². The lowest BCUT2D eigenvalue weighted by Gasteiger charge is -2.31. The van der Waals surface area contributed by atoms with E-state index < -0.39 is 12.1 Å². The smallest absolute Gasteiger partial charge is 0.334 e. The van der Waals surface area contributed by atoms with Crippen LogP contribution in [0.1, 0.15) is 0 Å². The summed E-state index contributed by atoms with van der Waals surface area (Å²) in [6.07, 6.45) is 0.516. The number of carbonyl (C=O) groups is 2. The van der Waals surface area contributed by atoms with Crippen molar-refractivity contribution in [1.29, 1.82) is 0 Å². The molecule has 1 fully saturated rings. The van der Waals surface area contributed by atoms with Crippen LogP contribution in [0.25, 0.3) is 0 Å². The average Bonchev–Trinajstić information content (AvgIpc) is 2.43. The number of hydrogen-bond acceptors (Lipinski definition) is 4. The molecule has 0 saturated carbocycles. The lowest BCUT2D eigenvalue weighted by Crippen LogP contribution is -2.49. The zero-order valence-electron chi connectivity index (χ0n) is 10.5. The van der Waals surface area contributed by atoms with E-state index in [1.165, 1.54) is 21.7 Å². The summed E-state index contributed by atoms with van der Waals surface area (Å²) < 4.78 is 7.01. The molecule has 108 valence electrons. The van der Waals surface area contributed by atoms with E-state index in [-0.39, 0.29) is 31.2 Å². The predicted octanol–water partition coefficient (Wildman–Crippen LogP) is -0.0772. The SMILES string of the molecule is O=C(O)C1CN(C(=O)Cn2cc(Br)ccc2=O)CCO1. The van der Waals surface area contributed by atoms with Gasteiger partial charge in [-0.2, -0.15) is 0 Å². The number of rotatable bonds is 3. The fourth-order valence-electron chi connectivity index (χ4n) is 1.90. The summed E-state index contributed by atoms with van der Waals surface area (Å²) >= 11 is 3.23. The number of halogens is 1. The van der Waals surface area contributed by atoms with Crippen molar-refractivity contribution in [3.8, 4) is 0 Å². The standard InChI is InChI=1S/C12H13BrN2O5/c13-8-1-2-10(16)15(5-8)7-11(17)14-3-4-20-9(6-14)12(18)19/h1-2,5,9H,3-4,6-7H2,(H,18,19). The number of carbonyl (C=O) groups excluding carboxylic acids is 1. The molecule has 0 radical (unpaired) electrons. The van der Waals surface area contributed by atoms with Gasteiger partial charge < -0.3 is 19.3 Å². The van der Waals surface area contributed by atoms with Crippen molar-refractivity contribution in [3.63, 3.8) is 0 Å². The lowest BCUT2D eigenvalue weighted by atomic mass is 10.2. The van der Waals surface area contributed by atoms with Crippen LogP contribution in [0, 0.1) is 0 Å². The van der Waals surface area contributed by atoms with E-state index in [0.717, 1.165) is 0 Å². The molecule has 0 aliphatic carbocycles. The van der Waals surface area contributed by atoms with Gasteiger partial charge in [-0.25, -0.2) is 4.79 Å². The van der Waals surface area contributed by atoms with Gasteiger partial charge in [0.2, 0.25) is 5.91 Å². The van der Waals surface area contributed by atoms with E-state index in [1.54, 1.807) is 6.07 Å². The van der Waals surface area contributed by atoms with E-state index in [0.29, 0.717) is 11.0 Å². The molecule has 1 aromatic heterocycles. The molecule has 20 heavy (non-hydrogen) atoms. The van der Waals surface area contributed by atoms with Crippen LogP contribution in [0.15, 0.2) is 27.6 Å². The van der Waals surface area contributed by atoms with Crippen LogP contribution >= 0.6 is 15.9 Å². The van der Waals surface area contributed by atoms with Gasteiger partial charge in [0.1, 0.15) is 6.54 Å². The Morgan fingerprint density at radius 3 is 2.90 bits per heavy atom. The number of morpholine rings is 1. The molecule has 1 unspecified atom stereocenters. The summed E-state index contributed by atoms with van der Waals surface area (Å²) in [5, 5.41) is 8.88. The second-order valence-electron chi connectivity index (χ2n) is 4.35. The fourth-order valence-corrected chi connectivity index (χ4v) is 2.28. The maximum absolute atomic E-state index is 12.1. The van der Waals surface area contributed by atoms with Crippen molar-refractivity contribution in [2.75, 3.05) is 19.7 Å². The van der Waals surface area contributed by atoms with E-state index in [9.17, 15) is 14.4 Å². The quantitative estimate of drug-likeness (QED) is 0.828. The van der Waals surface area contributed by atoms with Gasteiger partial charge in [-0.1, -0.05) is 0 Å². The number of ether oxygens (including phenoxy) is 1. The van der Waals surface area contributed by atoms with Crippen molar-refractivity contribution >= 4 is 27.8 Å². The molecule has 0 spiro atoms. The Morgan fingerprint density at radius 1 is 1.45 bits per heavy atom. The zero-order chi connectivity index (χ0) is 14.7. The van der Waals surface area contributed by atoms with Crippen molar-refractivity contribution in [3.05, 3.63) is 33.2 Å². The maximum Gasteiger partial charge on any atom is 0.334 e. The summed E-state index contributed by atoms with van der Waals surface area (Å²) in [7, 11) is 0. The molecular weight excluding hydrogens is 332 g/mol. The molecule has 0 bridgehead atoms. The number of aromatic nitrogens is 1. The topological polar surface area (TPSA) is 88.8 Å². The highest BCUT2D eigenvalue weighted by Gasteiger charge is 2.28. The number of hydrogen-bond donors (Lipinski definition) is 1. The summed E-state index contributed by atoms with van der Waals surface area (Å²) in [4.78, 5) is 36.0. The Hall–Kier alpha value is -1.67. The van der Waals surface area contributed by atoms with Crippen LogP contribution in [-0.4, -0.2) is 52.3 Å². The van der Waals surface area contributed by atoms with E-state index >= 15 is 0 Å². The number of carboxylic acids is 1. The first kappa shape index (κ1) is 14.7. The molecule has 7 nitrogen and oxygen atoms in total. The van der Waals surface area contributed by atoms with Crippen LogP contribution in [0.4, 0.5) is 0 Å². The maximum atomic E-state index is 12.1. The Kier molecular flexibility index (Phi) is 4.56. The van der Waals surface area contributed by atoms with Crippen molar-refractivity contribution in [2.24, 2.45) is 0 Å². The van der Waals surface area contributed by atoms with Crippen molar-refractivity contribution in [1.82, 2.24) is 9.47 Å². The first-order chi connectivity index (χ1) is 9.47. The predicted molar refractivity (Wildman–Crippen MR) is 72.4 cm³/mol. The van der Waals surface area contributed by atoms with Gasteiger partial charge in [-0.3, -0.25) is 9.59 Å². The van der Waals surface area contributed by atoms with Gasteiger partial charge >= 0.3 is 5.97 Å². The first-order valence-electron chi connectivity index (χ1n) is 5.95. The molecule has 1 saturated heterocycles. The molecule has 1 aromatic rings. The van der Waals surface area contributed by atoms with Gasteiger partial charge in [0.15, 0.2) is 6.10 Å².